The first-order chi connectivity index (χ1) is 9.28. The highest BCUT2D eigenvalue weighted by atomic mass is 16.5. The van der Waals surface area contributed by atoms with Crippen molar-refractivity contribution in [1.29, 1.82) is 0 Å². The van der Waals surface area contributed by atoms with Crippen LogP contribution < -0.4 is 5.32 Å². The molecule has 1 saturated heterocycles. The van der Waals surface area contributed by atoms with Gasteiger partial charge in [-0.15, -0.1) is 0 Å². The molecule has 0 bridgehead atoms. The van der Waals surface area contributed by atoms with E-state index in [1.165, 1.54) is 0 Å². The van der Waals surface area contributed by atoms with E-state index in [1.807, 2.05) is 30.3 Å². The zero-order valence-electron chi connectivity index (χ0n) is 10.5. The highest BCUT2D eigenvalue weighted by Crippen LogP contribution is 2.29. The molecule has 1 aliphatic rings. The van der Waals surface area contributed by atoms with Gasteiger partial charge in [0, 0.05) is 0 Å². The number of benzene rings is 1. The number of hydrogen-bond donors (Lipinski definition) is 1. The fourth-order valence-corrected chi connectivity index (χ4v) is 2.26. The number of hydrogen-bond acceptors (Lipinski definition) is 3. The molecule has 0 aliphatic carbocycles. The number of amides is 1. The largest absolute Gasteiger partial charge is 0.469 e. The lowest BCUT2D eigenvalue weighted by Crippen LogP contribution is -2.59. The smallest absolute Gasteiger partial charge is 0.228 e. The lowest BCUT2D eigenvalue weighted by atomic mass is 9.88. The van der Waals surface area contributed by atoms with Crippen LogP contribution in [-0.2, 0) is 21.5 Å². The van der Waals surface area contributed by atoms with Gasteiger partial charge in [-0.05, 0) is 17.7 Å². The Balaban J connectivity index is 1.72. The van der Waals surface area contributed by atoms with Gasteiger partial charge < -0.3 is 14.5 Å². The molecule has 1 fully saturated rings. The third-order valence-electron chi connectivity index (χ3n) is 3.32. The second-order valence-electron chi connectivity index (χ2n) is 4.75. The minimum absolute atomic E-state index is 0.0536. The van der Waals surface area contributed by atoms with Crippen molar-refractivity contribution in [2.75, 3.05) is 13.2 Å². The van der Waals surface area contributed by atoms with Gasteiger partial charge in [-0.2, -0.15) is 0 Å². The van der Waals surface area contributed by atoms with Crippen LogP contribution in [0.4, 0.5) is 0 Å². The Morgan fingerprint density at radius 2 is 1.95 bits per heavy atom. The second-order valence-corrected chi connectivity index (χ2v) is 4.75. The van der Waals surface area contributed by atoms with Crippen molar-refractivity contribution in [3.63, 3.8) is 0 Å². The summed E-state index contributed by atoms with van der Waals surface area (Å²) < 4.78 is 10.5. The molecule has 1 aliphatic heterocycles. The molecule has 0 unspecified atom stereocenters. The molecule has 0 saturated carbocycles. The molecule has 0 spiro atoms. The Kier molecular flexibility index (Phi) is 3.09. The summed E-state index contributed by atoms with van der Waals surface area (Å²) in [7, 11) is 0. The van der Waals surface area contributed by atoms with E-state index in [1.54, 1.807) is 18.4 Å². The maximum Gasteiger partial charge on any atom is 0.228 e. The van der Waals surface area contributed by atoms with Crippen LogP contribution in [0.5, 0.6) is 0 Å². The fraction of sp³-hybridized carbons (Fsp3) is 0.267. The Morgan fingerprint density at radius 3 is 2.53 bits per heavy atom. The number of carbonyl (C=O) groups is 1. The van der Waals surface area contributed by atoms with E-state index in [-0.39, 0.29) is 17.9 Å². The van der Waals surface area contributed by atoms with Gasteiger partial charge in [-0.3, -0.25) is 4.79 Å². The first-order valence-corrected chi connectivity index (χ1v) is 6.25. The molecular weight excluding hydrogens is 242 g/mol. The first kappa shape index (κ1) is 12.0. The van der Waals surface area contributed by atoms with E-state index >= 15 is 0 Å². The SMILES string of the molecule is O=C(Cc1ccco1)NC1(c2ccccc2)COC1. The fourth-order valence-electron chi connectivity index (χ4n) is 2.26. The van der Waals surface area contributed by atoms with Crippen LogP contribution >= 0.6 is 0 Å². The quantitative estimate of drug-likeness (QED) is 0.909. The van der Waals surface area contributed by atoms with E-state index in [0.29, 0.717) is 19.0 Å². The Labute approximate surface area is 111 Å². The molecule has 4 heteroatoms. The van der Waals surface area contributed by atoms with Crippen LogP contribution in [0.1, 0.15) is 11.3 Å². The number of nitrogens with one attached hydrogen (secondary N) is 1. The highest BCUT2D eigenvalue weighted by Gasteiger charge is 2.41. The molecule has 98 valence electrons. The predicted octanol–water partition coefficient (Wildman–Crippen LogP) is 1.86. The van der Waals surface area contributed by atoms with Gasteiger partial charge in [-0.1, -0.05) is 30.3 Å². The molecular formula is C15H15NO3. The summed E-state index contributed by atoms with van der Waals surface area (Å²) in [6.07, 6.45) is 1.82. The first-order valence-electron chi connectivity index (χ1n) is 6.25. The van der Waals surface area contributed by atoms with E-state index in [0.717, 1.165) is 5.56 Å². The van der Waals surface area contributed by atoms with Gasteiger partial charge in [0.1, 0.15) is 11.3 Å². The maximum atomic E-state index is 12.1. The number of carbonyl (C=O) groups excluding carboxylic acids is 1. The van der Waals surface area contributed by atoms with Crippen LogP contribution in [0.2, 0.25) is 0 Å². The second kappa shape index (κ2) is 4.90. The lowest BCUT2D eigenvalue weighted by Gasteiger charge is -2.42. The molecule has 19 heavy (non-hydrogen) atoms. The molecule has 1 aromatic heterocycles. The van der Waals surface area contributed by atoms with E-state index in [2.05, 4.69) is 5.32 Å². The van der Waals surface area contributed by atoms with Crippen molar-refractivity contribution in [2.45, 2.75) is 12.0 Å². The summed E-state index contributed by atoms with van der Waals surface area (Å²) in [5.41, 5.74) is 0.694. The van der Waals surface area contributed by atoms with E-state index in [9.17, 15) is 4.79 Å². The number of rotatable bonds is 4. The monoisotopic (exact) mass is 257 g/mol. The third kappa shape index (κ3) is 2.39. The summed E-state index contributed by atoms with van der Waals surface area (Å²) in [6.45, 7) is 1.03. The van der Waals surface area contributed by atoms with E-state index in [4.69, 9.17) is 9.15 Å². The lowest BCUT2D eigenvalue weighted by molar-refractivity contribution is -0.133. The molecule has 1 aromatic carbocycles. The third-order valence-corrected chi connectivity index (χ3v) is 3.32. The summed E-state index contributed by atoms with van der Waals surface area (Å²) in [5.74, 6) is 0.614. The average Bonchev–Trinajstić information content (AvgIpc) is 2.88. The normalized spacial score (nSPS) is 16.6. The van der Waals surface area contributed by atoms with Gasteiger partial charge >= 0.3 is 0 Å². The zero-order chi connectivity index (χ0) is 13.1. The predicted molar refractivity (Wildman–Crippen MR) is 69.5 cm³/mol. The minimum atomic E-state index is -0.384. The molecule has 4 nitrogen and oxygen atoms in total. The summed E-state index contributed by atoms with van der Waals surface area (Å²) in [6, 6.07) is 13.5. The Morgan fingerprint density at radius 1 is 1.16 bits per heavy atom. The standard InChI is InChI=1S/C15H15NO3/c17-14(9-13-7-4-8-19-13)16-15(10-18-11-15)12-5-2-1-3-6-12/h1-8H,9-11H2,(H,16,17). The topological polar surface area (TPSA) is 51.5 Å². The molecule has 2 heterocycles. The molecule has 0 radical (unpaired) electrons. The maximum absolute atomic E-state index is 12.1. The van der Waals surface area contributed by atoms with Crippen LogP contribution in [0.25, 0.3) is 0 Å². The molecule has 1 N–H and O–H groups in total. The summed E-state index contributed by atoms with van der Waals surface area (Å²) in [4.78, 5) is 12.1. The highest BCUT2D eigenvalue weighted by molar-refractivity contribution is 5.79. The number of ether oxygens (including phenoxy) is 1. The van der Waals surface area contributed by atoms with Gasteiger partial charge in [0.25, 0.3) is 0 Å². The van der Waals surface area contributed by atoms with Crippen molar-refractivity contribution in [3.8, 4) is 0 Å². The van der Waals surface area contributed by atoms with Gasteiger partial charge in [0.15, 0.2) is 0 Å². The van der Waals surface area contributed by atoms with Crippen molar-refractivity contribution >= 4 is 5.91 Å². The molecule has 0 atom stereocenters. The van der Waals surface area contributed by atoms with Crippen LogP contribution in [-0.4, -0.2) is 19.1 Å². The van der Waals surface area contributed by atoms with E-state index < -0.39 is 0 Å². The average molecular weight is 257 g/mol. The summed E-state index contributed by atoms with van der Waals surface area (Å²) in [5, 5.41) is 3.06. The molecule has 3 rings (SSSR count). The summed E-state index contributed by atoms with van der Waals surface area (Å²) >= 11 is 0. The van der Waals surface area contributed by atoms with Crippen LogP contribution in [0.3, 0.4) is 0 Å². The molecule has 1 amide bonds. The zero-order valence-corrected chi connectivity index (χ0v) is 10.5. The van der Waals surface area contributed by atoms with Crippen LogP contribution in [0, 0.1) is 0 Å². The van der Waals surface area contributed by atoms with Gasteiger partial charge in [-0.25, -0.2) is 0 Å². The van der Waals surface area contributed by atoms with Gasteiger partial charge in [0.2, 0.25) is 5.91 Å². The van der Waals surface area contributed by atoms with Crippen molar-refractivity contribution in [2.24, 2.45) is 0 Å². The van der Waals surface area contributed by atoms with Crippen molar-refractivity contribution < 1.29 is 13.9 Å². The van der Waals surface area contributed by atoms with Gasteiger partial charge in [0.05, 0.1) is 25.9 Å². The Hall–Kier alpha value is -2.07. The van der Waals surface area contributed by atoms with Crippen molar-refractivity contribution in [1.82, 2.24) is 5.32 Å². The minimum Gasteiger partial charge on any atom is -0.469 e. The number of furan rings is 1. The van der Waals surface area contributed by atoms with Crippen molar-refractivity contribution in [3.05, 3.63) is 60.1 Å². The molecule has 2 aromatic rings. The van der Waals surface area contributed by atoms with Crippen LogP contribution in [0.15, 0.2) is 53.1 Å². The Bertz CT molecular complexity index is 544.